The van der Waals surface area contributed by atoms with Crippen molar-refractivity contribution < 1.29 is 4.92 Å². The Hall–Kier alpha value is -3.37. The van der Waals surface area contributed by atoms with Gasteiger partial charge in [0.2, 0.25) is 0 Å². The third-order valence-electron chi connectivity index (χ3n) is 5.25. The average Bonchev–Trinajstić information content (AvgIpc) is 3.18. The molecule has 1 N–H and O–H groups in total. The summed E-state index contributed by atoms with van der Waals surface area (Å²) in [4.78, 5) is 39.4. The normalized spacial score (nSPS) is 15.1. The molecule has 0 radical (unpaired) electrons. The molecular formula is C20H18N6O3S. The zero-order chi connectivity index (χ0) is 20.7. The summed E-state index contributed by atoms with van der Waals surface area (Å²) in [7, 11) is 0. The maximum Gasteiger partial charge on any atom is 0.270 e. The van der Waals surface area contributed by atoms with Gasteiger partial charge in [0, 0.05) is 38.3 Å². The molecule has 3 heterocycles. The van der Waals surface area contributed by atoms with E-state index >= 15 is 0 Å². The zero-order valence-electron chi connectivity index (χ0n) is 15.9. The topological polar surface area (TPSA) is 108 Å². The summed E-state index contributed by atoms with van der Waals surface area (Å²) in [6.07, 6.45) is 0. The molecule has 2 aromatic heterocycles. The van der Waals surface area contributed by atoms with Gasteiger partial charge in [-0.2, -0.15) is 0 Å². The van der Waals surface area contributed by atoms with Crippen molar-refractivity contribution >= 4 is 43.3 Å². The van der Waals surface area contributed by atoms with Gasteiger partial charge >= 0.3 is 0 Å². The molecule has 0 amide bonds. The minimum Gasteiger partial charge on any atom is -0.345 e. The van der Waals surface area contributed by atoms with Crippen LogP contribution in [0.25, 0.3) is 21.1 Å². The lowest BCUT2D eigenvalue weighted by atomic mass is 10.2. The van der Waals surface area contributed by atoms with Crippen molar-refractivity contribution in [2.24, 2.45) is 0 Å². The third-order valence-corrected chi connectivity index (χ3v) is 6.33. The van der Waals surface area contributed by atoms with Crippen LogP contribution in [-0.2, 0) is 6.54 Å². The van der Waals surface area contributed by atoms with Gasteiger partial charge in [-0.15, -0.1) is 0 Å². The summed E-state index contributed by atoms with van der Waals surface area (Å²) < 4.78 is 0.819. The molecule has 2 aromatic carbocycles. The number of thiazole rings is 1. The number of piperazine rings is 1. The van der Waals surface area contributed by atoms with Crippen LogP contribution in [0.3, 0.4) is 0 Å². The van der Waals surface area contributed by atoms with Crippen molar-refractivity contribution in [3.63, 3.8) is 0 Å². The van der Waals surface area contributed by atoms with E-state index in [0.717, 1.165) is 41.5 Å². The number of rotatable bonds is 4. The van der Waals surface area contributed by atoms with Crippen LogP contribution >= 0.6 is 11.3 Å². The van der Waals surface area contributed by atoms with Crippen LogP contribution in [0.1, 0.15) is 5.82 Å². The first-order valence-corrected chi connectivity index (χ1v) is 10.4. The molecule has 4 aromatic rings. The molecule has 0 aliphatic carbocycles. The molecule has 152 valence electrons. The van der Waals surface area contributed by atoms with Gasteiger partial charge in [0.1, 0.15) is 5.82 Å². The number of hydrogen-bond donors (Lipinski definition) is 1. The Bertz CT molecular complexity index is 1310. The van der Waals surface area contributed by atoms with E-state index in [0.29, 0.717) is 23.3 Å². The lowest BCUT2D eigenvalue weighted by molar-refractivity contribution is -0.384. The van der Waals surface area contributed by atoms with Crippen molar-refractivity contribution in [3.05, 3.63) is 68.8 Å². The lowest BCUT2D eigenvalue weighted by Crippen LogP contribution is -2.46. The maximum atomic E-state index is 12.3. The molecule has 0 saturated carbocycles. The molecule has 9 nitrogen and oxygen atoms in total. The summed E-state index contributed by atoms with van der Waals surface area (Å²) in [5.74, 6) is 0.666. The molecule has 1 saturated heterocycles. The van der Waals surface area contributed by atoms with Crippen molar-refractivity contribution in [2.45, 2.75) is 6.54 Å². The standard InChI is InChI=1S/C20H18N6O3S/c27-19-14-3-1-2-4-15(14)21-18(23-19)12-24-7-9-25(10-8-24)20-22-16-6-5-13(26(28)29)11-17(16)30-20/h1-6,11H,7-10,12H2,(H,21,23,27). The second kappa shape index (κ2) is 7.47. The number of non-ortho nitro benzene ring substituents is 1. The van der Waals surface area contributed by atoms with Crippen molar-refractivity contribution in [1.29, 1.82) is 0 Å². The first kappa shape index (κ1) is 18.6. The molecule has 30 heavy (non-hydrogen) atoms. The Labute approximate surface area is 174 Å². The van der Waals surface area contributed by atoms with Gasteiger partial charge in [-0.25, -0.2) is 9.97 Å². The molecule has 0 spiro atoms. The van der Waals surface area contributed by atoms with Crippen LogP contribution in [0.5, 0.6) is 0 Å². The van der Waals surface area contributed by atoms with Crippen LogP contribution in [0.15, 0.2) is 47.3 Å². The predicted octanol–water partition coefficient (Wildman–Crippen LogP) is 2.76. The number of nitro groups is 1. The SMILES string of the molecule is O=c1[nH]c(CN2CCN(c3nc4ccc([N+](=O)[O-])cc4s3)CC2)nc2ccccc12. The number of nitrogens with one attached hydrogen (secondary N) is 1. The summed E-state index contributed by atoms with van der Waals surface area (Å²) in [6.45, 7) is 3.79. The molecule has 1 aliphatic rings. The number of aromatic amines is 1. The Kier molecular flexibility index (Phi) is 4.64. The molecule has 1 fully saturated rings. The van der Waals surface area contributed by atoms with Gasteiger partial charge in [0.25, 0.3) is 11.2 Å². The number of benzene rings is 2. The summed E-state index contributed by atoms with van der Waals surface area (Å²) in [5.41, 5.74) is 1.46. The Morgan fingerprint density at radius 1 is 1.07 bits per heavy atom. The quantitative estimate of drug-likeness (QED) is 0.398. The summed E-state index contributed by atoms with van der Waals surface area (Å²) in [6, 6.07) is 12.1. The fraction of sp³-hybridized carbons (Fsp3) is 0.250. The lowest BCUT2D eigenvalue weighted by Gasteiger charge is -2.34. The third kappa shape index (κ3) is 3.51. The Balaban J connectivity index is 1.28. The Morgan fingerprint density at radius 2 is 1.87 bits per heavy atom. The zero-order valence-corrected chi connectivity index (χ0v) is 16.8. The van der Waals surface area contributed by atoms with Crippen molar-refractivity contribution in [1.82, 2.24) is 19.9 Å². The van der Waals surface area contributed by atoms with Crippen LogP contribution in [0.4, 0.5) is 10.8 Å². The molecule has 10 heteroatoms. The van der Waals surface area contributed by atoms with Gasteiger partial charge in [-0.3, -0.25) is 19.8 Å². The van der Waals surface area contributed by atoms with Gasteiger partial charge in [-0.1, -0.05) is 23.5 Å². The maximum absolute atomic E-state index is 12.3. The van der Waals surface area contributed by atoms with E-state index in [-0.39, 0.29) is 16.2 Å². The second-order valence-electron chi connectivity index (χ2n) is 7.20. The minimum absolute atomic E-state index is 0.0828. The first-order valence-electron chi connectivity index (χ1n) is 9.57. The van der Waals surface area contributed by atoms with E-state index in [1.54, 1.807) is 18.2 Å². The molecular weight excluding hydrogens is 404 g/mol. The minimum atomic E-state index is -0.386. The van der Waals surface area contributed by atoms with Crippen molar-refractivity contribution in [2.75, 3.05) is 31.1 Å². The van der Waals surface area contributed by atoms with E-state index in [9.17, 15) is 14.9 Å². The number of nitro benzene ring substituents is 1. The largest absolute Gasteiger partial charge is 0.345 e. The van der Waals surface area contributed by atoms with Gasteiger partial charge in [0.05, 0.1) is 32.6 Å². The number of nitrogens with zero attached hydrogens (tertiary/aromatic N) is 5. The predicted molar refractivity (Wildman–Crippen MR) is 116 cm³/mol. The number of aromatic nitrogens is 3. The molecule has 0 atom stereocenters. The monoisotopic (exact) mass is 422 g/mol. The smallest absolute Gasteiger partial charge is 0.270 e. The fourth-order valence-electron chi connectivity index (χ4n) is 3.67. The number of anilines is 1. The first-order chi connectivity index (χ1) is 14.6. The Morgan fingerprint density at radius 3 is 2.67 bits per heavy atom. The highest BCUT2D eigenvalue weighted by Crippen LogP contribution is 2.31. The second-order valence-corrected chi connectivity index (χ2v) is 8.21. The van der Waals surface area contributed by atoms with Crippen LogP contribution in [0, 0.1) is 10.1 Å². The van der Waals surface area contributed by atoms with Crippen LogP contribution in [0.2, 0.25) is 0 Å². The summed E-state index contributed by atoms with van der Waals surface area (Å²) in [5, 5.41) is 12.5. The molecule has 0 bridgehead atoms. The van der Waals surface area contributed by atoms with E-state index in [4.69, 9.17) is 0 Å². The number of H-pyrrole nitrogens is 1. The van der Waals surface area contributed by atoms with E-state index in [2.05, 4.69) is 24.8 Å². The molecule has 1 aliphatic heterocycles. The van der Waals surface area contributed by atoms with Gasteiger partial charge in [0.15, 0.2) is 5.13 Å². The van der Waals surface area contributed by atoms with E-state index in [1.807, 2.05) is 18.2 Å². The number of para-hydroxylation sites is 1. The van der Waals surface area contributed by atoms with Gasteiger partial charge in [-0.05, 0) is 18.2 Å². The molecule has 5 rings (SSSR count). The van der Waals surface area contributed by atoms with E-state index in [1.165, 1.54) is 17.4 Å². The number of hydrogen-bond acceptors (Lipinski definition) is 8. The fourth-order valence-corrected chi connectivity index (χ4v) is 4.72. The van der Waals surface area contributed by atoms with Crippen molar-refractivity contribution in [3.8, 4) is 0 Å². The van der Waals surface area contributed by atoms with E-state index < -0.39 is 0 Å². The summed E-state index contributed by atoms with van der Waals surface area (Å²) >= 11 is 1.48. The highest BCUT2D eigenvalue weighted by atomic mass is 32.1. The average molecular weight is 422 g/mol. The number of fused-ring (bicyclic) bond motifs is 2. The van der Waals surface area contributed by atoms with Crippen LogP contribution < -0.4 is 10.5 Å². The highest BCUT2D eigenvalue weighted by Gasteiger charge is 2.21. The molecule has 0 unspecified atom stereocenters. The highest BCUT2D eigenvalue weighted by molar-refractivity contribution is 7.22. The van der Waals surface area contributed by atoms with Gasteiger partial charge < -0.3 is 9.88 Å². The van der Waals surface area contributed by atoms with Crippen LogP contribution in [-0.4, -0.2) is 51.0 Å².